The number of phenolic OH excluding ortho intramolecular Hbond substituents is 1. The number of rotatable bonds is 26. The highest BCUT2D eigenvalue weighted by Gasteiger charge is 2.58. The molecule has 6 nitrogen and oxygen atoms in total. The van der Waals surface area contributed by atoms with Crippen LogP contribution in [-0.4, -0.2) is 24.0 Å². The van der Waals surface area contributed by atoms with Gasteiger partial charge in [-0.3, -0.25) is 9.35 Å². The number of anilines is 1. The average Bonchev–Trinajstić information content (AvgIpc) is 1.02. The smallest absolute Gasteiger partial charge is 0.300 e. The van der Waals surface area contributed by atoms with Gasteiger partial charge >= 0.3 is 0 Å². The Kier molecular flexibility index (Phi) is 16.0. The lowest BCUT2D eigenvalue weighted by atomic mass is 9.47. The Labute approximate surface area is 528 Å². The number of phenols is 1. The number of carbonyl (C=O) groups is 1. The van der Waals surface area contributed by atoms with Crippen LogP contribution in [0.2, 0.25) is 0 Å². The van der Waals surface area contributed by atoms with Crippen molar-refractivity contribution < 1.29 is 22.9 Å². The van der Waals surface area contributed by atoms with Gasteiger partial charge in [-0.15, -0.1) is 0 Å². The zero-order valence-corrected chi connectivity index (χ0v) is 57.6. The number of unbranched alkanes of at least 4 members (excludes halogenated alkanes) is 2. The predicted octanol–water partition coefficient (Wildman–Crippen LogP) is 20.9. The van der Waals surface area contributed by atoms with Gasteiger partial charge in [-0.1, -0.05) is 179 Å². The lowest BCUT2D eigenvalue weighted by molar-refractivity contribution is -0.130. The Morgan fingerprint density at radius 3 is 1.11 bits per heavy atom. The van der Waals surface area contributed by atoms with Gasteiger partial charge in [0.15, 0.2) is 4.90 Å². The molecule has 0 aliphatic heterocycles. The Morgan fingerprint density at radius 2 is 0.793 bits per heavy atom. The van der Waals surface area contributed by atoms with E-state index >= 15 is 4.79 Å². The van der Waals surface area contributed by atoms with Crippen LogP contribution in [0.1, 0.15) is 267 Å². The molecule has 87 heavy (non-hydrogen) atoms. The molecule has 1 aromatic rings. The minimum atomic E-state index is -5.09. The van der Waals surface area contributed by atoms with Crippen LogP contribution in [0.3, 0.4) is 0 Å². The molecule has 13 unspecified atom stereocenters. The third kappa shape index (κ3) is 10.2. The number of aromatic hydroxyl groups is 1. The van der Waals surface area contributed by atoms with Gasteiger partial charge in [-0.25, -0.2) is 0 Å². The summed E-state index contributed by atoms with van der Waals surface area (Å²) in [4.78, 5) is 17.0. The van der Waals surface area contributed by atoms with Crippen molar-refractivity contribution in [2.45, 2.75) is 275 Å². The monoisotopic (exact) mass is 1200 g/mol. The fraction of sp³-hybridized carbons (Fsp3) is 0.762. The molecule has 0 aromatic heterocycles. The second-order valence-electron chi connectivity index (χ2n) is 35.7. The van der Waals surface area contributed by atoms with E-state index in [2.05, 4.69) is 132 Å². The number of nitrogens with one attached hydrogen (secondary N) is 1. The topological polar surface area (TPSA) is 104 Å². The van der Waals surface area contributed by atoms with Crippen molar-refractivity contribution >= 4 is 21.7 Å². The zero-order chi connectivity index (χ0) is 61.8. The van der Waals surface area contributed by atoms with Gasteiger partial charge in [0.25, 0.3) is 10.1 Å². The van der Waals surface area contributed by atoms with Crippen molar-refractivity contribution in [3.8, 4) is 5.75 Å². The molecule has 6 fully saturated rings. The third-order valence-corrected chi connectivity index (χ3v) is 31.5. The standard InChI is InChI=1S/C80H117NO5S/c1-14-15-16-17-54(28-18-48-19-29-55-42-64(48)74(55,2)3)80(40-38-52-23-33-59-46-68(52)78(59,10)11,41-39-53-24-34-60-47-69(53)79(60,12)13)73(83)81-70-62(36-26-50-21-31-57-44-66(50)76(57,6)7)61(35-25-49-20-30-56-43-65(49)75(56,4)5)63(71(82)72(70)87(84,85)86)37-27-51-22-32-58-45-67(51)77(58,8)9/h19-24,54-60,64-69,82H,14-18,25-47H2,1-13H3,(H,81,83)(H,84,85,86). The van der Waals surface area contributed by atoms with Gasteiger partial charge in [0.2, 0.25) is 5.91 Å². The van der Waals surface area contributed by atoms with E-state index in [1.54, 1.807) is 5.57 Å². The van der Waals surface area contributed by atoms with E-state index in [0.717, 1.165) is 126 Å². The lowest BCUT2D eigenvalue weighted by Crippen LogP contribution is -2.49. The predicted molar refractivity (Wildman–Crippen MR) is 358 cm³/mol. The van der Waals surface area contributed by atoms with E-state index in [9.17, 15) is 18.1 Å². The molecule has 478 valence electrons. The summed E-state index contributed by atoms with van der Waals surface area (Å²) in [5, 5.41) is 17.1. The highest BCUT2D eigenvalue weighted by atomic mass is 32.2. The SMILES string of the molecule is CCCCCC(CCC1=CCC2CC1C2(C)C)C(CCC1=CCC2CC1C2(C)C)(CCC1=CCC2CC1C2(C)C)C(=O)Nc1c(CCC2=CCC3CC2C3(C)C)c(CCC2=CCC3CC2C3(C)C)c(CCC2=CCC3CC2C3(C)C)c(O)c1S(=O)(=O)O. The maximum absolute atomic E-state index is 17.5. The van der Waals surface area contributed by atoms with E-state index in [1.165, 1.54) is 66.4 Å². The molecule has 0 radical (unpaired) electrons. The van der Waals surface area contributed by atoms with Crippen molar-refractivity contribution in [1.82, 2.24) is 0 Å². The first kappa shape index (κ1) is 62.6. The summed E-state index contributed by atoms with van der Waals surface area (Å²) in [5.74, 6) is 6.92. The molecule has 7 heteroatoms. The fourth-order valence-corrected chi connectivity index (χ4v) is 23.8. The van der Waals surface area contributed by atoms with Crippen molar-refractivity contribution in [3.05, 3.63) is 86.6 Å². The highest BCUT2D eigenvalue weighted by Crippen LogP contribution is 2.66. The number of fused-ring (bicyclic) bond motifs is 6. The normalized spacial score (nSPS) is 35.0. The van der Waals surface area contributed by atoms with Crippen LogP contribution in [0, 0.1) is 115 Å². The van der Waals surface area contributed by atoms with E-state index in [0.29, 0.717) is 108 Å². The molecule has 13 atom stereocenters. The maximum Gasteiger partial charge on any atom is 0.300 e. The number of carbonyl (C=O) groups excluding carboxylic acids is 1. The van der Waals surface area contributed by atoms with Gasteiger partial charge in [0.05, 0.1) is 11.1 Å². The molecule has 18 aliphatic carbocycles. The quantitative estimate of drug-likeness (QED) is 0.0487. The van der Waals surface area contributed by atoms with Gasteiger partial charge in [-0.2, -0.15) is 8.42 Å². The summed E-state index contributed by atoms with van der Waals surface area (Å²) in [6, 6.07) is 0. The molecule has 6 saturated carbocycles. The maximum atomic E-state index is 17.5. The van der Waals surface area contributed by atoms with Gasteiger partial charge in [0.1, 0.15) is 5.75 Å². The lowest BCUT2D eigenvalue weighted by Gasteiger charge is -2.57. The number of hydrogen-bond donors (Lipinski definition) is 3. The van der Waals surface area contributed by atoms with Crippen molar-refractivity contribution in [3.63, 3.8) is 0 Å². The minimum absolute atomic E-state index is 0.0433. The minimum Gasteiger partial charge on any atom is -0.506 e. The van der Waals surface area contributed by atoms with E-state index in [4.69, 9.17) is 0 Å². The van der Waals surface area contributed by atoms with Crippen LogP contribution < -0.4 is 5.32 Å². The molecule has 12 bridgehead atoms. The number of amides is 1. The first-order valence-electron chi connectivity index (χ1n) is 36.3. The molecule has 1 amide bonds. The first-order valence-corrected chi connectivity index (χ1v) is 37.8. The molecular formula is C80H117NO5S. The second-order valence-corrected chi connectivity index (χ2v) is 37.1. The Hall–Kier alpha value is -3.16. The summed E-state index contributed by atoms with van der Waals surface area (Å²) < 4.78 is 41.8. The summed E-state index contributed by atoms with van der Waals surface area (Å²) in [6.45, 7) is 31.8. The number of hydrogen-bond acceptors (Lipinski definition) is 4. The average molecular weight is 1200 g/mol. The van der Waals surface area contributed by atoms with E-state index in [-0.39, 0.29) is 50.3 Å². The third-order valence-electron chi connectivity index (χ3n) is 30.6. The molecule has 18 aliphatic rings. The van der Waals surface area contributed by atoms with E-state index in [1.807, 2.05) is 0 Å². The van der Waals surface area contributed by atoms with Gasteiger partial charge < -0.3 is 10.4 Å². The largest absolute Gasteiger partial charge is 0.506 e. The van der Waals surface area contributed by atoms with Crippen LogP contribution in [0.15, 0.2) is 74.8 Å². The fourth-order valence-electron chi connectivity index (χ4n) is 23.0. The molecule has 19 rings (SSSR count). The molecule has 3 N–H and O–H groups in total. The molecule has 0 saturated heterocycles. The Bertz CT molecular complexity index is 3170. The van der Waals surface area contributed by atoms with Gasteiger partial charge in [-0.05, 0) is 287 Å². The molecular weight excluding hydrogens is 1090 g/mol. The molecule has 1 aromatic carbocycles. The number of benzene rings is 1. The van der Waals surface area contributed by atoms with Crippen molar-refractivity contribution in [1.29, 1.82) is 0 Å². The number of allylic oxidation sites excluding steroid dienone is 12. The van der Waals surface area contributed by atoms with Crippen LogP contribution in [-0.2, 0) is 34.2 Å². The molecule has 0 spiro atoms. The van der Waals surface area contributed by atoms with Crippen LogP contribution in [0.4, 0.5) is 5.69 Å². The van der Waals surface area contributed by atoms with Crippen molar-refractivity contribution in [2.75, 3.05) is 5.32 Å². The molecule has 0 heterocycles. The second kappa shape index (κ2) is 22.3. The summed E-state index contributed by atoms with van der Waals surface area (Å²) in [6.07, 6.45) is 42.3. The highest BCUT2D eigenvalue weighted by molar-refractivity contribution is 7.86. The first-order chi connectivity index (χ1) is 41.0. The summed E-state index contributed by atoms with van der Waals surface area (Å²) in [5.41, 5.74) is 12.3. The summed E-state index contributed by atoms with van der Waals surface area (Å²) >= 11 is 0. The Balaban J connectivity index is 0.966. The van der Waals surface area contributed by atoms with E-state index < -0.39 is 20.4 Å². The van der Waals surface area contributed by atoms with Gasteiger partial charge in [0, 0.05) is 0 Å². The van der Waals surface area contributed by atoms with Crippen LogP contribution in [0.25, 0.3) is 0 Å². The zero-order valence-electron chi connectivity index (χ0n) is 56.8. The summed E-state index contributed by atoms with van der Waals surface area (Å²) in [7, 11) is -5.09. The van der Waals surface area contributed by atoms with Crippen molar-refractivity contribution in [2.24, 2.45) is 115 Å². The van der Waals surface area contributed by atoms with Crippen LogP contribution >= 0.6 is 0 Å². The Morgan fingerprint density at radius 1 is 0.471 bits per heavy atom. The van der Waals surface area contributed by atoms with Crippen LogP contribution in [0.5, 0.6) is 5.75 Å².